The number of rotatable bonds is 1. The molecule has 1 aromatic carbocycles. The fourth-order valence-corrected chi connectivity index (χ4v) is 1.50. The first-order valence-corrected chi connectivity index (χ1v) is 4.60. The van der Waals surface area contributed by atoms with Gasteiger partial charge in [-0.15, -0.1) is 5.46 Å². The lowest BCUT2D eigenvalue weighted by Crippen LogP contribution is -2.33. The summed E-state index contributed by atoms with van der Waals surface area (Å²) in [5.41, 5.74) is -0.619. The summed E-state index contributed by atoms with van der Waals surface area (Å²) in [6, 6.07) is 5.06. The standard InChI is InChI=1S/C9H5BClF3N/c11-9-4-6-1-2-8(10(12,13)14)3-7(6)5-15-9/h1-5H/q-1. The molecule has 2 aromatic rings. The van der Waals surface area contributed by atoms with Crippen LogP contribution in [0.2, 0.25) is 5.15 Å². The van der Waals surface area contributed by atoms with Crippen molar-refractivity contribution in [2.24, 2.45) is 0 Å². The van der Waals surface area contributed by atoms with E-state index in [1.807, 2.05) is 0 Å². The van der Waals surface area contributed by atoms with Gasteiger partial charge in [-0.3, -0.25) is 0 Å². The highest BCUT2D eigenvalue weighted by molar-refractivity contribution is 6.73. The minimum Gasteiger partial charge on any atom is -0.445 e. The fraction of sp³-hybridized carbons (Fsp3) is 0. The topological polar surface area (TPSA) is 12.9 Å². The largest absolute Gasteiger partial charge is 0.509 e. The summed E-state index contributed by atoms with van der Waals surface area (Å²) < 4.78 is 37.2. The summed E-state index contributed by atoms with van der Waals surface area (Å²) in [6.45, 7) is -4.96. The van der Waals surface area contributed by atoms with Gasteiger partial charge in [0, 0.05) is 6.20 Å². The Hall–Kier alpha value is -1.23. The van der Waals surface area contributed by atoms with E-state index in [4.69, 9.17) is 11.6 Å². The van der Waals surface area contributed by atoms with Gasteiger partial charge in [-0.1, -0.05) is 29.8 Å². The van der Waals surface area contributed by atoms with E-state index in [2.05, 4.69) is 4.98 Å². The highest BCUT2D eigenvalue weighted by Crippen LogP contribution is 2.18. The van der Waals surface area contributed by atoms with Crippen LogP contribution in [0, 0.1) is 0 Å². The van der Waals surface area contributed by atoms with E-state index in [-0.39, 0.29) is 5.15 Å². The molecule has 0 spiro atoms. The third kappa shape index (κ3) is 2.07. The molecule has 2 rings (SSSR count). The molecule has 0 saturated carbocycles. The van der Waals surface area contributed by atoms with Crippen molar-refractivity contribution in [1.29, 1.82) is 0 Å². The number of aromatic nitrogens is 1. The molecule has 0 bridgehead atoms. The first-order valence-electron chi connectivity index (χ1n) is 4.22. The van der Waals surface area contributed by atoms with Crippen LogP contribution >= 0.6 is 11.6 Å². The second kappa shape index (κ2) is 3.41. The number of hydrogen-bond donors (Lipinski definition) is 0. The Morgan fingerprint density at radius 2 is 1.80 bits per heavy atom. The molecule has 0 N–H and O–H groups in total. The van der Waals surface area contributed by atoms with Crippen LogP contribution in [0.1, 0.15) is 0 Å². The summed E-state index contributed by atoms with van der Waals surface area (Å²) >= 11 is 5.62. The van der Waals surface area contributed by atoms with Crippen LogP contribution in [0.3, 0.4) is 0 Å². The van der Waals surface area contributed by atoms with Crippen LogP contribution in [0.15, 0.2) is 30.5 Å². The molecule has 0 radical (unpaired) electrons. The van der Waals surface area contributed by atoms with E-state index < -0.39 is 12.4 Å². The fourth-order valence-electron chi connectivity index (χ4n) is 1.34. The van der Waals surface area contributed by atoms with E-state index in [0.717, 1.165) is 12.1 Å². The number of pyridine rings is 1. The van der Waals surface area contributed by atoms with Crippen LogP contribution in [0.4, 0.5) is 12.9 Å². The summed E-state index contributed by atoms with van der Waals surface area (Å²) in [4.78, 5) is 3.74. The molecule has 1 heterocycles. The maximum atomic E-state index is 12.4. The lowest BCUT2D eigenvalue weighted by molar-refractivity contribution is 0.501. The monoisotopic (exact) mass is 230 g/mol. The minimum atomic E-state index is -4.96. The predicted molar refractivity (Wildman–Crippen MR) is 55.5 cm³/mol. The molecule has 0 aliphatic rings. The molecular formula is C9H5BClF3N-. The zero-order valence-electron chi connectivity index (χ0n) is 7.42. The molecule has 0 saturated heterocycles. The Bertz CT molecular complexity index is 512. The van der Waals surface area contributed by atoms with E-state index in [0.29, 0.717) is 10.8 Å². The predicted octanol–water partition coefficient (Wildman–Crippen LogP) is 2.94. The molecule has 15 heavy (non-hydrogen) atoms. The van der Waals surface area contributed by atoms with E-state index in [1.54, 1.807) is 0 Å². The summed E-state index contributed by atoms with van der Waals surface area (Å²) in [6.07, 6.45) is 1.34. The summed E-state index contributed by atoms with van der Waals surface area (Å²) in [7, 11) is 0. The average molecular weight is 230 g/mol. The molecule has 6 heteroatoms. The second-order valence-electron chi connectivity index (χ2n) is 3.19. The van der Waals surface area contributed by atoms with Gasteiger partial charge in [-0.2, -0.15) is 0 Å². The highest BCUT2D eigenvalue weighted by atomic mass is 35.5. The van der Waals surface area contributed by atoms with Crippen molar-refractivity contribution in [2.75, 3.05) is 0 Å². The van der Waals surface area contributed by atoms with Crippen LogP contribution in [0.25, 0.3) is 10.8 Å². The lowest BCUT2D eigenvalue weighted by atomic mass is 9.79. The number of benzene rings is 1. The van der Waals surface area contributed by atoms with Gasteiger partial charge in [0.25, 0.3) is 0 Å². The van der Waals surface area contributed by atoms with Crippen molar-refractivity contribution < 1.29 is 12.9 Å². The molecule has 0 amide bonds. The van der Waals surface area contributed by atoms with E-state index >= 15 is 0 Å². The Labute approximate surface area is 88.9 Å². The Kier molecular flexibility index (Phi) is 2.34. The van der Waals surface area contributed by atoms with Crippen LogP contribution in [-0.2, 0) is 0 Å². The van der Waals surface area contributed by atoms with Crippen molar-refractivity contribution >= 4 is 34.8 Å². The molecule has 0 fully saturated rings. The molecule has 0 aliphatic heterocycles. The van der Waals surface area contributed by atoms with Gasteiger partial charge in [-0.25, -0.2) is 4.98 Å². The van der Waals surface area contributed by atoms with E-state index in [1.165, 1.54) is 18.3 Å². The third-order valence-corrected chi connectivity index (χ3v) is 2.30. The molecule has 0 aliphatic carbocycles. The van der Waals surface area contributed by atoms with Gasteiger partial charge in [-0.05, 0) is 16.8 Å². The molecule has 0 unspecified atom stereocenters. The van der Waals surface area contributed by atoms with Crippen molar-refractivity contribution in [1.82, 2.24) is 4.98 Å². The first-order chi connectivity index (χ1) is 6.97. The maximum absolute atomic E-state index is 12.4. The van der Waals surface area contributed by atoms with Crippen molar-refractivity contribution in [3.05, 3.63) is 35.6 Å². The molecule has 1 nitrogen and oxygen atoms in total. The first kappa shape index (κ1) is 10.3. The summed E-state index contributed by atoms with van der Waals surface area (Å²) in [5.74, 6) is 0. The molecule has 0 atom stereocenters. The zero-order chi connectivity index (χ0) is 11.1. The van der Waals surface area contributed by atoms with Gasteiger partial charge in [0.2, 0.25) is 0 Å². The third-order valence-electron chi connectivity index (χ3n) is 2.09. The van der Waals surface area contributed by atoms with Crippen LogP contribution in [-0.4, -0.2) is 12.0 Å². The van der Waals surface area contributed by atoms with E-state index in [9.17, 15) is 12.9 Å². The van der Waals surface area contributed by atoms with Crippen molar-refractivity contribution in [3.63, 3.8) is 0 Å². The van der Waals surface area contributed by atoms with Gasteiger partial charge in [0.05, 0.1) is 0 Å². The Morgan fingerprint density at radius 3 is 2.47 bits per heavy atom. The van der Waals surface area contributed by atoms with Crippen molar-refractivity contribution in [2.45, 2.75) is 0 Å². The van der Waals surface area contributed by atoms with Crippen molar-refractivity contribution in [3.8, 4) is 0 Å². The van der Waals surface area contributed by atoms with Gasteiger partial charge in [0.15, 0.2) is 0 Å². The zero-order valence-corrected chi connectivity index (χ0v) is 8.18. The average Bonchev–Trinajstić information content (AvgIpc) is 2.15. The molecule has 1 aromatic heterocycles. The lowest BCUT2D eigenvalue weighted by Gasteiger charge is -2.15. The second-order valence-corrected chi connectivity index (χ2v) is 3.58. The number of fused-ring (bicyclic) bond motifs is 1. The molecular weight excluding hydrogens is 225 g/mol. The number of hydrogen-bond acceptors (Lipinski definition) is 1. The smallest absolute Gasteiger partial charge is 0.445 e. The number of halogens is 4. The van der Waals surface area contributed by atoms with Gasteiger partial charge < -0.3 is 12.9 Å². The summed E-state index contributed by atoms with van der Waals surface area (Å²) in [5, 5.41) is 1.36. The SMILES string of the molecule is F[B-](F)(F)c1ccc2cc(Cl)ncc2c1. The Balaban J connectivity index is 2.62. The minimum absolute atomic E-state index is 0.271. The van der Waals surface area contributed by atoms with Gasteiger partial charge >= 0.3 is 6.98 Å². The highest BCUT2D eigenvalue weighted by Gasteiger charge is 2.25. The number of nitrogens with zero attached hydrogens (tertiary/aromatic N) is 1. The maximum Gasteiger partial charge on any atom is 0.509 e. The quantitative estimate of drug-likeness (QED) is 0.542. The normalized spacial score (nSPS) is 12.0. The molecule has 78 valence electrons. The Morgan fingerprint density at radius 1 is 1.07 bits per heavy atom. The van der Waals surface area contributed by atoms with Crippen LogP contribution < -0.4 is 5.46 Å². The van der Waals surface area contributed by atoms with Crippen LogP contribution in [0.5, 0.6) is 0 Å². The van der Waals surface area contributed by atoms with Gasteiger partial charge in [0.1, 0.15) is 5.15 Å².